The number of benzene rings is 1. The van der Waals surface area contributed by atoms with Gasteiger partial charge in [-0.15, -0.1) is 0 Å². The fraction of sp³-hybridized carbons (Fsp3) is 0.280. The molecule has 0 fully saturated rings. The SMILES string of the molecule is Cc1ccc2nc(C3C=CC=CC3)n(-c3ccc4c(cnn4C(=O)OC(C)(C)C)c3)c2n1. The van der Waals surface area contributed by atoms with E-state index in [4.69, 9.17) is 14.7 Å². The van der Waals surface area contributed by atoms with Gasteiger partial charge in [0.1, 0.15) is 16.9 Å². The number of ether oxygens (including phenoxy) is 1. The van der Waals surface area contributed by atoms with Crippen LogP contribution in [-0.2, 0) is 4.74 Å². The zero-order chi connectivity index (χ0) is 22.5. The number of carbonyl (C=O) groups is 1. The Kier molecular flexibility index (Phi) is 4.69. The summed E-state index contributed by atoms with van der Waals surface area (Å²) < 4.78 is 8.90. The normalized spacial score (nSPS) is 16.2. The molecular formula is C25H25N5O2. The van der Waals surface area contributed by atoms with Gasteiger partial charge in [0.05, 0.1) is 11.7 Å². The van der Waals surface area contributed by atoms with Crippen molar-refractivity contribution in [3.05, 3.63) is 72.4 Å². The highest BCUT2D eigenvalue weighted by Gasteiger charge is 2.23. The van der Waals surface area contributed by atoms with E-state index in [-0.39, 0.29) is 5.92 Å². The highest BCUT2D eigenvalue weighted by Crippen LogP contribution is 2.31. The summed E-state index contributed by atoms with van der Waals surface area (Å²) in [6.07, 6.45) is 10.5. The van der Waals surface area contributed by atoms with Gasteiger partial charge in [-0.25, -0.2) is 14.8 Å². The van der Waals surface area contributed by atoms with Gasteiger partial charge in [-0.2, -0.15) is 9.78 Å². The lowest BCUT2D eigenvalue weighted by Gasteiger charge is -2.19. The van der Waals surface area contributed by atoms with Crippen LogP contribution in [0, 0.1) is 6.92 Å². The molecule has 1 aliphatic rings. The van der Waals surface area contributed by atoms with Crippen LogP contribution in [0.4, 0.5) is 4.79 Å². The van der Waals surface area contributed by atoms with Crippen molar-refractivity contribution in [3.63, 3.8) is 0 Å². The first-order chi connectivity index (χ1) is 15.3. The predicted molar refractivity (Wildman–Crippen MR) is 124 cm³/mol. The van der Waals surface area contributed by atoms with Crippen LogP contribution < -0.4 is 0 Å². The number of imidazole rings is 1. The molecule has 0 saturated heterocycles. The average molecular weight is 428 g/mol. The van der Waals surface area contributed by atoms with Gasteiger partial charge in [-0.3, -0.25) is 4.57 Å². The molecule has 162 valence electrons. The Labute approximate surface area is 186 Å². The van der Waals surface area contributed by atoms with Crippen LogP contribution >= 0.6 is 0 Å². The molecule has 1 aromatic carbocycles. The third-order valence-electron chi connectivity index (χ3n) is 5.36. The Balaban J connectivity index is 1.64. The minimum absolute atomic E-state index is 0.162. The Bertz CT molecular complexity index is 1400. The largest absolute Gasteiger partial charge is 0.442 e. The summed E-state index contributed by atoms with van der Waals surface area (Å²) in [6.45, 7) is 7.49. The minimum atomic E-state index is -0.592. The second-order valence-electron chi connectivity index (χ2n) is 9.04. The van der Waals surface area contributed by atoms with Crippen molar-refractivity contribution in [1.29, 1.82) is 0 Å². The number of aryl methyl sites for hydroxylation is 1. The van der Waals surface area contributed by atoms with Crippen LogP contribution in [-0.4, -0.2) is 36.0 Å². The minimum Gasteiger partial charge on any atom is -0.442 e. The fourth-order valence-electron chi connectivity index (χ4n) is 3.95. The van der Waals surface area contributed by atoms with E-state index in [0.717, 1.165) is 40.2 Å². The molecule has 7 heteroatoms. The highest BCUT2D eigenvalue weighted by molar-refractivity contribution is 5.89. The molecule has 0 amide bonds. The van der Waals surface area contributed by atoms with Crippen molar-refractivity contribution in [3.8, 4) is 5.69 Å². The number of hydrogen-bond acceptors (Lipinski definition) is 5. The maximum absolute atomic E-state index is 12.6. The zero-order valence-electron chi connectivity index (χ0n) is 18.6. The highest BCUT2D eigenvalue weighted by atomic mass is 16.6. The van der Waals surface area contributed by atoms with Crippen LogP contribution in [0.25, 0.3) is 27.8 Å². The van der Waals surface area contributed by atoms with E-state index in [2.05, 4.69) is 34.0 Å². The molecule has 0 radical (unpaired) electrons. The summed E-state index contributed by atoms with van der Waals surface area (Å²) in [5.41, 5.74) is 3.65. The number of rotatable bonds is 2. The molecule has 32 heavy (non-hydrogen) atoms. The first-order valence-electron chi connectivity index (χ1n) is 10.7. The van der Waals surface area contributed by atoms with E-state index in [1.165, 1.54) is 4.68 Å². The molecule has 4 aromatic rings. The number of aromatic nitrogens is 5. The van der Waals surface area contributed by atoms with E-state index in [0.29, 0.717) is 5.52 Å². The van der Waals surface area contributed by atoms with Gasteiger partial charge in [-0.05, 0) is 64.4 Å². The molecule has 1 atom stereocenters. The molecule has 0 spiro atoms. The smallest absolute Gasteiger partial charge is 0.435 e. The van der Waals surface area contributed by atoms with Crippen molar-refractivity contribution in [1.82, 2.24) is 24.3 Å². The Morgan fingerprint density at radius 3 is 2.72 bits per heavy atom. The molecule has 1 unspecified atom stereocenters. The molecular weight excluding hydrogens is 402 g/mol. The quantitative estimate of drug-likeness (QED) is 0.425. The second kappa shape index (κ2) is 7.44. The van der Waals surface area contributed by atoms with Crippen LogP contribution in [0.15, 0.2) is 60.8 Å². The summed E-state index contributed by atoms with van der Waals surface area (Å²) in [5.74, 6) is 1.10. The van der Waals surface area contributed by atoms with Crippen molar-refractivity contribution in [2.45, 2.75) is 45.6 Å². The lowest BCUT2D eigenvalue weighted by Crippen LogP contribution is -2.27. The predicted octanol–water partition coefficient (Wildman–Crippen LogP) is 5.46. The average Bonchev–Trinajstić information content (AvgIpc) is 3.34. The van der Waals surface area contributed by atoms with Crippen LogP contribution in [0.3, 0.4) is 0 Å². The monoisotopic (exact) mass is 427 g/mol. The summed E-state index contributed by atoms with van der Waals surface area (Å²) >= 11 is 0. The number of allylic oxidation sites excluding steroid dienone is 4. The van der Waals surface area contributed by atoms with Gasteiger partial charge in [0.25, 0.3) is 0 Å². The van der Waals surface area contributed by atoms with E-state index < -0.39 is 11.7 Å². The van der Waals surface area contributed by atoms with Gasteiger partial charge in [0.2, 0.25) is 0 Å². The van der Waals surface area contributed by atoms with Gasteiger partial charge in [0, 0.05) is 22.7 Å². The third-order valence-corrected chi connectivity index (χ3v) is 5.36. The topological polar surface area (TPSA) is 74.8 Å². The zero-order valence-corrected chi connectivity index (χ0v) is 18.6. The van der Waals surface area contributed by atoms with Gasteiger partial charge >= 0.3 is 6.09 Å². The van der Waals surface area contributed by atoms with Crippen LogP contribution in [0.1, 0.15) is 44.6 Å². The van der Waals surface area contributed by atoms with E-state index >= 15 is 0 Å². The molecule has 7 nitrogen and oxygen atoms in total. The summed E-state index contributed by atoms with van der Waals surface area (Å²) in [6, 6.07) is 9.87. The maximum Gasteiger partial charge on any atom is 0.435 e. The number of nitrogens with zero attached hydrogens (tertiary/aromatic N) is 5. The van der Waals surface area contributed by atoms with E-state index in [9.17, 15) is 4.79 Å². The van der Waals surface area contributed by atoms with Crippen molar-refractivity contribution < 1.29 is 9.53 Å². The molecule has 0 N–H and O–H groups in total. The van der Waals surface area contributed by atoms with Crippen molar-refractivity contribution in [2.24, 2.45) is 0 Å². The summed E-state index contributed by atoms with van der Waals surface area (Å²) in [5, 5.41) is 5.11. The van der Waals surface area contributed by atoms with Gasteiger partial charge in [0.15, 0.2) is 5.65 Å². The standard InChI is InChI=1S/C25H25N5O2/c1-16-10-12-20-23(27-16)29(22(28-20)17-8-6-5-7-9-17)19-11-13-21-18(14-19)15-26-30(21)24(31)32-25(2,3)4/h5-8,10-15,17H,9H2,1-4H3. The Morgan fingerprint density at radius 1 is 1.12 bits per heavy atom. The van der Waals surface area contributed by atoms with E-state index in [1.807, 2.05) is 58.0 Å². The van der Waals surface area contributed by atoms with Crippen molar-refractivity contribution >= 4 is 28.2 Å². The number of pyridine rings is 1. The summed E-state index contributed by atoms with van der Waals surface area (Å²) in [4.78, 5) is 22.3. The second-order valence-corrected chi connectivity index (χ2v) is 9.04. The van der Waals surface area contributed by atoms with E-state index in [1.54, 1.807) is 6.20 Å². The lowest BCUT2D eigenvalue weighted by molar-refractivity contribution is 0.0522. The summed E-state index contributed by atoms with van der Waals surface area (Å²) in [7, 11) is 0. The van der Waals surface area contributed by atoms with Gasteiger partial charge in [-0.1, -0.05) is 24.3 Å². The molecule has 1 aliphatic carbocycles. The molecule has 3 aromatic heterocycles. The molecule has 0 saturated carbocycles. The number of carbonyl (C=O) groups excluding carboxylic acids is 1. The van der Waals surface area contributed by atoms with Crippen LogP contribution in [0.2, 0.25) is 0 Å². The molecule has 0 aliphatic heterocycles. The lowest BCUT2D eigenvalue weighted by atomic mass is 10.00. The first-order valence-corrected chi connectivity index (χ1v) is 10.7. The fourth-order valence-corrected chi connectivity index (χ4v) is 3.95. The third kappa shape index (κ3) is 3.60. The maximum atomic E-state index is 12.6. The number of fused-ring (bicyclic) bond motifs is 2. The molecule has 0 bridgehead atoms. The van der Waals surface area contributed by atoms with Crippen molar-refractivity contribution in [2.75, 3.05) is 0 Å². The number of hydrogen-bond donors (Lipinski definition) is 0. The van der Waals surface area contributed by atoms with Gasteiger partial charge < -0.3 is 4.74 Å². The molecule has 3 heterocycles. The molecule has 5 rings (SSSR count). The first kappa shape index (κ1) is 20.2. The Morgan fingerprint density at radius 2 is 1.97 bits per heavy atom. The van der Waals surface area contributed by atoms with Crippen LogP contribution in [0.5, 0.6) is 0 Å². The Hall–Kier alpha value is -3.74.